The van der Waals surface area contributed by atoms with Crippen LogP contribution in [0.2, 0.25) is 0 Å². The standard InChI is InChI=1S/C18H21N3O4/c1-4-6-8-19-17(22)24-12-15-10-14(3)21-11-16(15)13-25-18(23)20-9-7-5-2/h1-2,10-11H,6-9,12-13H2,3H3,(H,19,22)(H,20,23). The summed E-state index contributed by atoms with van der Waals surface area (Å²) in [5.41, 5.74) is 2.11. The third-order valence-electron chi connectivity index (χ3n) is 3.01. The lowest BCUT2D eigenvalue weighted by atomic mass is 10.1. The van der Waals surface area contributed by atoms with Crippen LogP contribution in [0.25, 0.3) is 0 Å². The lowest BCUT2D eigenvalue weighted by molar-refractivity contribution is 0.131. The molecule has 7 heteroatoms. The van der Waals surface area contributed by atoms with Gasteiger partial charge in [0.2, 0.25) is 0 Å². The number of carbonyl (C=O) groups is 2. The molecule has 0 fully saturated rings. The highest BCUT2D eigenvalue weighted by Gasteiger charge is 2.10. The number of carbonyl (C=O) groups excluding carboxylic acids is 2. The van der Waals surface area contributed by atoms with Gasteiger partial charge >= 0.3 is 12.2 Å². The van der Waals surface area contributed by atoms with Crippen LogP contribution in [0.5, 0.6) is 0 Å². The van der Waals surface area contributed by atoms with E-state index in [2.05, 4.69) is 27.5 Å². The van der Waals surface area contributed by atoms with Gasteiger partial charge in [0, 0.05) is 43.4 Å². The molecule has 1 rings (SSSR count). The van der Waals surface area contributed by atoms with Crippen LogP contribution in [0.3, 0.4) is 0 Å². The molecule has 2 N–H and O–H groups in total. The average molecular weight is 343 g/mol. The lowest BCUT2D eigenvalue weighted by Crippen LogP contribution is -2.26. The summed E-state index contributed by atoms with van der Waals surface area (Å²) in [5, 5.41) is 5.06. The maximum absolute atomic E-state index is 11.6. The average Bonchev–Trinajstić information content (AvgIpc) is 2.59. The summed E-state index contributed by atoms with van der Waals surface area (Å²) in [4.78, 5) is 27.3. The van der Waals surface area contributed by atoms with Crippen LogP contribution in [0.1, 0.15) is 29.7 Å². The van der Waals surface area contributed by atoms with Crippen LogP contribution < -0.4 is 10.6 Å². The second-order valence-corrected chi connectivity index (χ2v) is 5.01. The van der Waals surface area contributed by atoms with Crippen LogP contribution in [0, 0.1) is 31.6 Å². The Morgan fingerprint density at radius 2 is 1.56 bits per heavy atom. The van der Waals surface area contributed by atoms with Crippen molar-refractivity contribution < 1.29 is 19.1 Å². The van der Waals surface area contributed by atoms with Crippen molar-refractivity contribution in [2.75, 3.05) is 13.1 Å². The predicted molar refractivity (Wildman–Crippen MR) is 92.2 cm³/mol. The second kappa shape index (κ2) is 11.4. The predicted octanol–water partition coefficient (Wildman–Crippen LogP) is 1.89. The molecule has 1 aromatic rings. The Kier molecular flexibility index (Phi) is 9.02. The molecule has 0 aliphatic carbocycles. The first kappa shape index (κ1) is 19.9. The molecule has 1 heterocycles. The van der Waals surface area contributed by atoms with E-state index < -0.39 is 12.2 Å². The number of alkyl carbamates (subject to hydrolysis) is 2. The fourth-order valence-corrected chi connectivity index (χ4v) is 1.77. The third kappa shape index (κ3) is 8.29. The van der Waals surface area contributed by atoms with Gasteiger partial charge in [0.05, 0.1) is 0 Å². The zero-order valence-corrected chi connectivity index (χ0v) is 14.1. The van der Waals surface area contributed by atoms with E-state index in [1.165, 1.54) is 0 Å². The summed E-state index contributed by atoms with van der Waals surface area (Å²) in [7, 11) is 0. The zero-order chi connectivity index (χ0) is 18.5. The Balaban J connectivity index is 2.55. The Bertz CT molecular complexity index is 674. The van der Waals surface area contributed by atoms with Gasteiger partial charge in [0.15, 0.2) is 0 Å². The highest BCUT2D eigenvalue weighted by molar-refractivity contribution is 5.67. The number of amides is 2. The third-order valence-corrected chi connectivity index (χ3v) is 3.01. The minimum atomic E-state index is -0.574. The topological polar surface area (TPSA) is 89.6 Å². The van der Waals surface area contributed by atoms with Gasteiger partial charge in [0.25, 0.3) is 0 Å². The van der Waals surface area contributed by atoms with Gasteiger partial charge in [-0.05, 0) is 18.6 Å². The lowest BCUT2D eigenvalue weighted by Gasteiger charge is -2.12. The Hall–Kier alpha value is -3.19. The molecule has 0 aliphatic rings. The van der Waals surface area contributed by atoms with Crippen LogP contribution in [-0.4, -0.2) is 30.3 Å². The summed E-state index contributed by atoms with van der Waals surface area (Å²) in [6.07, 6.45) is 11.5. The molecular weight excluding hydrogens is 322 g/mol. The molecule has 132 valence electrons. The summed E-state index contributed by atoms with van der Waals surface area (Å²) in [6.45, 7) is 2.54. The molecule has 1 aromatic heterocycles. The molecule has 0 spiro atoms. The van der Waals surface area contributed by atoms with Crippen molar-refractivity contribution in [3.63, 3.8) is 0 Å². The van der Waals surface area contributed by atoms with E-state index in [1.807, 2.05) is 6.92 Å². The molecular formula is C18H21N3O4. The van der Waals surface area contributed by atoms with Crippen LogP contribution >= 0.6 is 0 Å². The Morgan fingerprint density at radius 1 is 1.04 bits per heavy atom. The zero-order valence-electron chi connectivity index (χ0n) is 14.1. The van der Waals surface area contributed by atoms with Crippen molar-refractivity contribution in [3.8, 4) is 24.7 Å². The maximum atomic E-state index is 11.6. The number of nitrogens with one attached hydrogen (secondary N) is 2. The number of hydrogen-bond donors (Lipinski definition) is 2. The van der Waals surface area contributed by atoms with Crippen molar-refractivity contribution in [1.29, 1.82) is 0 Å². The second-order valence-electron chi connectivity index (χ2n) is 5.01. The number of hydrogen-bond acceptors (Lipinski definition) is 5. The molecule has 0 atom stereocenters. The summed E-state index contributed by atoms with van der Waals surface area (Å²) >= 11 is 0. The quantitative estimate of drug-likeness (QED) is 0.556. The first-order chi connectivity index (χ1) is 12.1. The smallest absolute Gasteiger partial charge is 0.407 e. The van der Waals surface area contributed by atoms with Gasteiger partial charge in [-0.2, -0.15) is 0 Å². The molecule has 0 saturated carbocycles. The molecule has 7 nitrogen and oxygen atoms in total. The van der Waals surface area contributed by atoms with Crippen molar-refractivity contribution in [3.05, 3.63) is 29.1 Å². The molecule has 0 aliphatic heterocycles. The van der Waals surface area contributed by atoms with Crippen LogP contribution in [0.4, 0.5) is 9.59 Å². The first-order valence-corrected chi connectivity index (χ1v) is 7.69. The van der Waals surface area contributed by atoms with Crippen molar-refractivity contribution in [1.82, 2.24) is 15.6 Å². The van der Waals surface area contributed by atoms with E-state index in [-0.39, 0.29) is 13.2 Å². The van der Waals surface area contributed by atoms with Crippen molar-refractivity contribution in [2.45, 2.75) is 33.0 Å². The van der Waals surface area contributed by atoms with E-state index in [9.17, 15) is 9.59 Å². The van der Waals surface area contributed by atoms with Crippen molar-refractivity contribution >= 4 is 12.2 Å². The number of terminal acetylenes is 2. The highest BCUT2D eigenvalue weighted by Crippen LogP contribution is 2.12. The number of aromatic nitrogens is 1. The van der Waals surface area contributed by atoms with Gasteiger partial charge in [0.1, 0.15) is 13.2 Å². The van der Waals surface area contributed by atoms with E-state index in [4.69, 9.17) is 22.3 Å². The Morgan fingerprint density at radius 3 is 2.08 bits per heavy atom. The molecule has 0 aromatic carbocycles. The monoisotopic (exact) mass is 343 g/mol. The van der Waals surface area contributed by atoms with Crippen LogP contribution in [0.15, 0.2) is 12.3 Å². The normalized spacial score (nSPS) is 9.40. The summed E-state index contributed by atoms with van der Waals surface area (Å²) < 4.78 is 10.2. The van der Waals surface area contributed by atoms with Gasteiger partial charge in [-0.3, -0.25) is 4.98 Å². The number of aryl methyl sites for hydroxylation is 1. The molecule has 2 amide bonds. The Labute approximate surface area is 147 Å². The first-order valence-electron chi connectivity index (χ1n) is 7.69. The fraction of sp³-hybridized carbons (Fsp3) is 0.389. The van der Waals surface area contributed by atoms with E-state index in [1.54, 1.807) is 12.3 Å². The number of nitrogens with zero attached hydrogens (tertiary/aromatic N) is 1. The van der Waals surface area contributed by atoms with Gasteiger partial charge < -0.3 is 20.1 Å². The fourth-order valence-electron chi connectivity index (χ4n) is 1.77. The van der Waals surface area contributed by atoms with Gasteiger partial charge in [-0.15, -0.1) is 24.7 Å². The number of ether oxygens (including phenoxy) is 2. The van der Waals surface area contributed by atoms with Crippen molar-refractivity contribution in [2.24, 2.45) is 0 Å². The number of pyridine rings is 1. The van der Waals surface area contributed by atoms with E-state index >= 15 is 0 Å². The van der Waals surface area contributed by atoms with Gasteiger partial charge in [-0.25, -0.2) is 9.59 Å². The highest BCUT2D eigenvalue weighted by atomic mass is 16.6. The minimum absolute atomic E-state index is 0.00652. The van der Waals surface area contributed by atoms with Crippen LogP contribution in [-0.2, 0) is 22.7 Å². The summed E-state index contributed by atoms with van der Waals surface area (Å²) in [6, 6.07) is 1.77. The minimum Gasteiger partial charge on any atom is -0.445 e. The van der Waals surface area contributed by atoms with Gasteiger partial charge in [-0.1, -0.05) is 0 Å². The molecule has 0 unspecified atom stereocenters. The number of rotatable bonds is 8. The SMILES string of the molecule is C#CCCNC(=O)OCc1cnc(C)cc1COC(=O)NCCC#C. The van der Waals surface area contributed by atoms with E-state index in [0.29, 0.717) is 37.1 Å². The molecule has 0 saturated heterocycles. The molecule has 0 bridgehead atoms. The summed E-state index contributed by atoms with van der Waals surface area (Å²) in [5.74, 6) is 4.83. The molecule has 25 heavy (non-hydrogen) atoms. The molecule has 0 radical (unpaired) electrons. The van der Waals surface area contributed by atoms with E-state index in [0.717, 1.165) is 5.69 Å². The maximum Gasteiger partial charge on any atom is 0.407 e. The largest absolute Gasteiger partial charge is 0.445 e.